The van der Waals surface area contributed by atoms with Crippen molar-refractivity contribution in [2.45, 2.75) is 19.8 Å². The number of unbranched alkanes of at least 4 members (excludes halogenated alkanes) is 1. The molecule has 0 radical (unpaired) electrons. The minimum atomic E-state index is -0.769. The molecule has 0 aliphatic heterocycles. The summed E-state index contributed by atoms with van der Waals surface area (Å²) in [4.78, 5) is 0. The Labute approximate surface area is 109 Å². The van der Waals surface area contributed by atoms with E-state index in [2.05, 4.69) is 17.6 Å². The van der Waals surface area contributed by atoms with E-state index in [0.29, 0.717) is 6.54 Å². The van der Waals surface area contributed by atoms with Gasteiger partial charge in [-0.2, -0.15) is 0 Å². The summed E-state index contributed by atoms with van der Waals surface area (Å²) >= 11 is 10.7. The molecule has 0 unspecified atom stereocenters. The lowest BCUT2D eigenvalue weighted by atomic mass is 10.3. The van der Waals surface area contributed by atoms with Gasteiger partial charge < -0.3 is 10.6 Å². The Morgan fingerprint density at radius 2 is 2.12 bits per heavy atom. The van der Waals surface area contributed by atoms with E-state index in [9.17, 15) is 8.78 Å². The number of benzene rings is 1. The van der Waals surface area contributed by atoms with Crippen molar-refractivity contribution in [2.75, 3.05) is 11.9 Å². The van der Waals surface area contributed by atoms with Gasteiger partial charge in [-0.25, -0.2) is 8.78 Å². The second kappa shape index (κ2) is 6.71. The molecule has 94 valence electrons. The van der Waals surface area contributed by atoms with Gasteiger partial charge in [0.1, 0.15) is 5.82 Å². The van der Waals surface area contributed by atoms with Crippen molar-refractivity contribution in [1.82, 2.24) is 5.32 Å². The van der Waals surface area contributed by atoms with Gasteiger partial charge in [-0.3, -0.25) is 0 Å². The predicted octanol–water partition coefficient (Wildman–Crippen LogP) is 3.70. The van der Waals surface area contributed by atoms with Crippen molar-refractivity contribution >= 4 is 34.6 Å². The summed E-state index contributed by atoms with van der Waals surface area (Å²) in [6, 6.07) is 1.78. The van der Waals surface area contributed by atoms with Gasteiger partial charge in [0.05, 0.1) is 10.7 Å². The zero-order chi connectivity index (χ0) is 12.8. The minimum Gasteiger partial charge on any atom is -0.362 e. The number of halogens is 3. The summed E-state index contributed by atoms with van der Waals surface area (Å²) in [5.74, 6) is -1.49. The van der Waals surface area contributed by atoms with Crippen LogP contribution in [0.1, 0.15) is 19.8 Å². The van der Waals surface area contributed by atoms with Gasteiger partial charge in [0.15, 0.2) is 10.9 Å². The van der Waals surface area contributed by atoms with Crippen molar-refractivity contribution < 1.29 is 8.78 Å². The van der Waals surface area contributed by atoms with Gasteiger partial charge in [-0.15, -0.1) is 0 Å². The zero-order valence-corrected chi connectivity index (χ0v) is 10.9. The van der Waals surface area contributed by atoms with Gasteiger partial charge in [0.2, 0.25) is 0 Å². The van der Waals surface area contributed by atoms with Crippen molar-refractivity contribution in [1.29, 1.82) is 0 Å². The first-order chi connectivity index (χ1) is 8.04. The van der Waals surface area contributed by atoms with Crippen molar-refractivity contribution in [3.63, 3.8) is 0 Å². The molecule has 0 bridgehead atoms. The first kappa shape index (κ1) is 14.1. The fourth-order valence-corrected chi connectivity index (χ4v) is 1.64. The highest BCUT2D eigenvalue weighted by Gasteiger charge is 2.10. The van der Waals surface area contributed by atoms with Gasteiger partial charge in [-0.1, -0.05) is 24.9 Å². The SMILES string of the molecule is CCCCNC(=S)Nc1c(F)cc(F)cc1Cl. The second-order valence-corrected chi connectivity index (χ2v) is 4.29. The molecule has 0 spiro atoms. The number of anilines is 1. The molecule has 0 atom stereocenters. The monoisotopic (exact) mass is 278 g/mol. The van der Waals surface area contributed by atoms with Crippen LogP contribution < -0.4 is 10.6 Å². The van der Waals surface area contributed by atoms with Crippen LogP contribution in [0.15, 0.2) is 12.1 Å². The number of nitrogens with one attached hydrogen (secondary N) is 2. The van der Waals surface area contributed by atoms with E-state index in [1.165, 1.54) is 0 Å². The molecule has 0 saturated carbocycles. The first-order valence-corrected chi connectivity index (χ1v) is 6.02. The van der Waals surface area contributed by atoms with Gasteiger partial charge >= 0.3 is 0 Å². The second-order valence-electron chi connectivity index (χ2n) is 3.48. The molecule has 0 heterocycles. The summed E-state index contributed by atoms with van der Waals surface area (Å²) in [5, 5.41) is 5.74. The average molecular weight is 279 g/mol. The lowest BCUT2D eigenvalue weighted by Crippen LogP contribution is -2.29. The Kier molecular flexibility index (Phi) is 5.58. The third-order valence-electron chi connectivity index (χ3n) is 2.06. The molecule has 0 aliphatic carbocycles. The van der Waals surface area contributed by atoms with Crippen LogP contribution in [-0.4, -0.2) is 11.7 Å². The summed E-state index contributed by atoms with van der Waals surface area (Å²) in [5.41, 5.74) is -0.0120. The number of hydrogen-bond donors (Lipinski definition) is 2. The fourth-order valence-electron chi connectivity index (χ4n) is 1.20. The maximum atomic E-state index is 13.4. The van der Waals surface area contributed by atoms with Gasteiger partial charge in [0, 0.05) is 12.6 Å². The maximum absolute atomic E-state index is 13.4. The normalized spacial score (nSPS) is 10.1. The first-order valence-electron chi connectivity index (χ1n) is 5.24. The fraction of sp³-hybridized carbons (Fsp3) is 0.364. The third-order valence-corrected chi connectivity index (χ3v) is 2.61. The molecular weight excluding hydrogens is 266 g/mol. The average Bonchev–Trinajstić information content (AvgIpc) is 2.24. The molecule has 0 amide bonds. The molecule has 6 heteroatoms. The van der Waals surface area contributed by atoms with Gasteiger partial charge in [-0.05, 0) is 24.7 Å². The standard InChI is InChI=1S/C11H13ClF2N2S/c1-2-3-4-15-11(17)16-10-8(12)5-7(13)6-9(10)14/h5-6H,2-4H2,1H3,(H2,15,16,17). The minimum absolute atomic E-state index is 0.0120. The molecular formula is C11H13ClF2N2S. The highest BCUT2D eigenvalue weighted by Crippen LogP contribution is 2.26. The van der Waals surface area contributed by atoms with E-state index < -0.39 is 11.6 Å². The highest BCUT2D eigenvalue weighted by molar-refractivity contribution is 7.80. The number of hydrogen-bond acceptors (Lipinski definition) is 1. The quantitative estimate of drug-likeness (QED) is 0.649. The Hall–Kier alpha value is -0.940. The number of thiocarbonyl (C=S) groups is 1. The molecule has 1 rings (SSSR count). The Bertz CT molecular complexity index is 389. The molecule has 0 saturated heterocycles. The van der Waals surface area contributed by atoms with Crippen LogP contribution in [0, 0.1) is 11.6 Å². The smallest absolute Gasteiger partial charge is 0.170 e. The van der Waals surface area contributed by atoms with Crippen LogP contribution in [0.25, 0.3) is 0 Å². The molecule has 0 fully saturated rings. The number of rotatable bonds is 4. The Balaban J connectivity index is 2.65. The topological polar surface area (TPSA) is 24.1 Å². The molecule has 1 aromatic carbocycles. The van der Waals surface area contributed by atoms with E-state index in [0.717, 1.165) is 25.0 Å². The third kappa shape index (κ3) is 4.44. The van der Waals surface area contributed by atoms with Crippen molar-refractivity contribution in [2.24, 2.45) is 0 Å². The molecule has 0 aliphatic rings. The van der Waals surface area contributed by atoms with E-state index in [-0.39, 0.29) is 15.8 Å². The van der Waals surface area contributed by atoms with Gasteiger partial charge in [0.25, 0.3) is 0 Å². The largest absolute Gasteiger partial charge is 0.362 e. The highest BCUT2D eigenvalue weighted by atomic mass is 35.5. The van der Waals surface area contributed by atoms with Crippen molar-refractivity contribution in [3.05, 3.63) is 28.8 Å². The molecule has 17 heavy (non-hydrogen) atoms. The molecule has 0 aromatic heterocycles. The van der Waals surface area contributed by atoms with E-state index in [1.807, 2.05) is 0 Å². The molecule has 2 nitrogen and oxygen atoms in total. The van der Waals surface area contributed by atoms with E-state index in [1.54, 1.807) is 0 Å². The Morgan fingerprint density at radius 3 is 2.71 bits per heavy atom. The summed E-state index contributed by atoms with van der Waals surface area (Å²) in [7, 11) is 0. The van der Waals surface area contributed by atoms with Crippen LogP contribution >= 0.6 is 23.8 Å². The van der Waals surface area contributed by atoms with Crippen molar-refractivity contribution in [3.8, 4) is 0 Å². The lowest BCUT2D eigenvalue weighted by Gasteiger charge is -2.12. The Morgan fingerprint density at radius 1 is 1.41 bits per heavy atom. The predicted molar refractivity (Wildman–Crippen MR) is 70.5 cm³/mol. The van der Waals surface area contributed by atoms with E-state index in [4.69, 9.17) is 23.8 Å². The summed E-state index contributed by atoms with van der Waals surface area (Å²) in [6.07, 6.45) is 1.99. The molecule has 2 N–H and O–H groups in total. The summed E-state index contributed by atoms with van der Waals surface area (Å²) in [6.45, 7) is 2.75. The van der Waals surface area contributed by atoms with Crippen LogP contribution in [0.2, 0.25) is 5.02 Å². The van der Waals surface area contributed by atoms with E-state index >= 15 is 0 Å². The van der Waals surface area contributed by atoms with Crippen LogP contribution in [0.3, 0.4) is 0 Å². The zero-order valence-electron chi connectivity index (χ0n) is 9.32. The van der Waals surface area contributed by atoms with Crippen LogP contribution in [0.4, 0.5) is 14.5 Å². The van der Waals surface area contributed by atoms with Crippen LogP contribution in [-0.2, 0) is 0 Å². The maximum Gasteiger partial charge on any atom is 0.170 e. The lowest BCUT2D eigenvalue weighted by molar-refractivity contribution is 0.586. The molecule has 1 aromatic rings. The summed E-state index contributed by atoms with van der Waals surface area (Å²) < 4.78 is 26.2. The van der Waals surface area contributed by atoms with Crippen LogP contribution in [0.5, 0.6) is 0 Å².